The molecule has 2 heterocycles. The van der Waals surface area contributed by atoms with Gasteiger partial charge < -0.3 is 9.64 Å². The van der Waals surface area contributed by atoms with E-state index in [2.05, 4.69) is 23.2 Å². The number of hydrogen-bond acceptors (Lipinski definition) is 7. The van der Waals surface area contributed by atoms with Crippen molar-refractivity contribution in [1.82, 2.24) is 15.1 Å². The summed E-state index contributed by atoms with van der Waals surface area (Å²) in [5.74, 6) is 1.02. The number of anilines is 1. The lowest BCUT2D eigenvalue weighted by Crippen LogP contribution is -2.45. The molecule has 3 rings (SSSR count). The lowest BCUT2D eigenvalue weighted by atomic mass is 9.95. The van der Waals surface area contributed by atoms with Crippen LogP contribution in [0.4, 0.5) is 9.93 Å². The number of hydrogen-bond donors (Lipinski definition) is 0. The Bertz CT molecular complexity index is 646. The van der Waals surface area contributed by atoms with Crippen molar-refractivity contribution in [3.63, 3.8) is 0 Å². The van der Waals surface area contributed by atoms with Gasteiger partial charge in [-0.05, 0) is 30.6 Å². The molecule has 2 aliphatic rings. The Balaban J connectivity index is 1.61. The van der Waals surface area contributed by atoms with Crippen LogP contribution in [0.15, 0.2) is 11.0 Å². The highest BCUT2D eigenvalue weighted by atomic mass is 33.1. The van der Waals surface area contributed by atoms with Crippen LogP contribution in [0.1, 0.15) is 45.4 Å². The maximum absolute atomic E-state index is 12.8. The van der Waals surface area contributed by atoms with Crippen LogP contribution in [0.25, 0.3) is 0 Å². The van der Waals surface area contributed by atoms with Crippen LogP contribution in [0.2, 0.25) is 0 Å². The molecule has 2 amide bonds. The Morgan fingerprint density at radius 3 is 2.73 bits per heavy atom. The third kappa shape index (κ3) is 4.67. The van der Waals surface area contributed by atoms with Crippen molar-refractivity contribution < 1.29 is 9.53 Å². The van der Waals surface area contributed by atoms with Crippen molar-refractivity contribution in [3.05, 3.63) is 11.0 Å². The predicted octanol–water partition coefficient (Wildman–Crippen LogP) is 4.80. The quantitative estimate of drug-likeness (QED) is 0.624. The van der Waals surface area contributed by atoms with Crippen molar-refractivity contribution in [1.29, 1.82) is 0 Å². The van der Waals surface area contributed by atoms with Gasteiger partial charge in [0.15, 0.2) is 0 Å². The summed E-state index contributed by atoms with van der Waals surface area (Å²) in [6.07, 6.45) is 8.96. The first-order valence-corrected chi connectivity index (χ1v) is 12.2. The summed E-state index contributed by atoms with van der Waals surface area (Å²) in [5, 5.41) is 9.40. The van der Waals surface area contributed by atoms with E-state index in [4.69, 9.17) is 4.74 Å². The first kappa shape index (κ1) is 19.8. The fraction of sp³-hybridized carbons (Fsp3) is 0.706. The largest absolute Gasteiger partial charge is 0.460 e. The van der Waals surface area contributed by atoms with Gasteiger partial charge in [0, 0.05) is 30.8 Å². The molecule has 144 valence electrons. The van der Waals surface area contributed by atoms with E-state index in [1.807, 2.05) is 22.7 Å². The fourth-order valence-corrected chi connectivity index (χ4v) is 6.30. The molecule has 26 heavy (non-hydrogen) atoms. The molecule has 0 saturated heterocycles. The Morgan fingerprint density at radius 2 is 2.08 bits per heavy atom. The van der Waals surface area contributed by atoms with Crippen LogP contribution in [-0.2, 0) is 0 Å². The molecule has 1 atom stereocenters. The van der Waals surface area contributed by atoms with E-state index in [0.717, 1.165) is 25.0 Å². The lowest BCUT2D eigenvalue weighted by Gasteiger charge is -2.33. The smallest absolute Gasteiger partial charge is 0.326 e. The van der Waals surface area contributed by atoms with E-state index in [1.165, 1.54) is 35.5 Å². The predicted molar refractivity (Wildman–Crippen MR) is 111 cm³/mol. The number of rotatable bonds is 6. The molecule has 1 fully saturated rings. The fourth-order valence-electron chi connectivity index (χ4n) is 3.23. The van der Waals surface area contributed by atoms with Crippen LogP contribution < -0.4 is 9.64 Å². The molecule has 0 radical (unpaired) electrons. The minimum absolute atomic E-state index is 0.0155. The molecule has 1 aromatic heterocycles. The molecule has 1 aliphatic heterocycles. The summed E-state index contributed by atoms with van der Waals surface area (Å²) < 4.78 is 6.03. The summed E-state index contributed by atoms with van der Waals surface area (Å²) in [6, 6.07) is 0.299. The van der Waals surface area contributed by atoms with E-state index in [9.17, 15) is 4.79 Å². The third-order valence-electron chi connectivity index (χ3n) is 4.83. The van der Waals surface area contributed by atoms with Crippen LogP contribution in [-0.4, -0.2) is 53.1 Å². The summed E-state index contributed by atoms with van der Waals surface area (Å²) >= 11 is 1.33. The van der Waals surface area contributed by atoms with Crippen LogP contribution in [0.3, 0.4) is 0 Å². The van der Waals surface area contributed by atoms with Crippen molar-refractivity contribution in [2.45, 2.75) is 57.6 Å². The van der Waals surface area contributed by atoms with E-state index in [1.54, 1.807) is 22.7 Å². The Hall–Kier alpha value is -0.930. The summed E-state index contributed by atoms with van der Waals surface area (Å²) in [4.78, 5) is 17.5. The van der Waals surface area contributed by atoms with Gasteiger partial charge in [-0.3, -0.25) is 4.90 Å². The molecule has 0 N–H and O–H groups in total. The molecule has 1 aliphatic carbocycles. The highest BCUT2D eigenvalue weighted by molar-refractivity contribution is 8.78. The second-order valence-corrected chi connectivity index (χ2v) is 9.92. The third-order valence-corrected chi connectivity index (χ3v) is 8.11. The first-order chi connectivity index (χ1) is 12.6. The molecule has 0 bridgehead atoms. The lowest BCUT2D eigenvalue weighted by molar-refractivity contribution is 0.181. The summed E-state index contributed by atoms with van der Waals surface area (Å²) in [5.41, 5.74) is 0. The van der Waals surface area contributed by atoms with Gasteiger partial charge in [-0.1, -0.05) is 58.9 Å². The molecule has 0 spiro atoms. The van der Waals surface area contributed by atoms with Crippen LogP contribution >= 0.6 is 32.9 Å². The zero-order chi connectivity index (χ0) is 18.5. The highest BCUT2D eigenvalue weighted by Crippen LogP contribution is 2.41. The van der Waals surface area contributed by atoms with Gasteiger partial charge in [0.1, 0.15) is 6.10 Å². The van der Waals surface area contributed by atoms with Gasteiger partial charge >= 0.3 is 6.03 Å². The first-order valence-electron chi connectivity index (χ1n) is 9.10. The van der Waals surface area contributed by atoms with Crippen LogP contribution in [0, 0.1) is 0 Å². The topological polar surface area (TPSA) is 58.6 Å². The minimum Gasteiger partial charge on any atom is -0.460 e. The maximum Gasteiger partial charge on any atom is 0.326 e. The monoisotopic (exact) mass is 414 g/mol. The number of carbonyl (C=O) groups excluding carboxylic acids is 1. The number of amides is 2. The van der Waals surface area contributed by atoms with Gasteiger partial charge in [-0.25, -0.2) is 4.79 Å². The number of nitrogens with zero attached hydrogens (tertiary/aromatic N) is 4. The molecule has 1 aromatic rings. The molecule has 1 saturated carbocycles. The normalized spacial score (nSPS) is 19.1. The van der Waals surface area contributed by atoms with Crippen LogP contribution in [0.5, 0.6) is 5.19 Å². The SMILES string of the molecule is CCC(Oc1nnc(N(C)C(=O)N(C)C2CCCCC2)s1)C1=CCSS1. The standard InChI is InChI=1S/C17H26N4O2S3/c1-4-13(14-10-11-24-26-14)23-16-19-18-15(25-16)21(3)17(22)20(2)12-8-6-5-7-9-12/h10,12-13H,4-9,11H2,1-3H3. The van der Waals surface area contributed by atoms with Gasteiger partial charge in [-0.15, -0.1) is 5.10 Å². The zero-order valence-corrected chi connectivity index (χ0v) is 18.0. The van der Waals surface area contributed by atoms with E-state index < -0.39 is 0 Å². The van der Waals surface area contributed by atoms with E-state index >= 15 is 0 Å². The zero-order valence-electron chi connectivity index (χ0n) is 15.5. The van der Waals surface area contributed by atoms with Crippen molar-refractivity contribution in [3.8, 4) is 5.19 Å². The van der Waals surface area contributed by atoms with E-state index in [0.29, 0.717) is 16.4 Å². The van der Waals surface area contributed by atoms with Gasteiger partial charge in [0.2, 0.25) is 5.13 Å². The molecular weight excluding hydrogens is 388 g/mol. The molecule has 1 unspecified atom stereocenters. The van der Waals surface area contributed by atoms with Gasteiger partial charge in [0.05, 0.1) is 0 Å². The van der Waals surface area contributed by atoms with Crippen molar-refractivity contribution in [2.24, 2.45) is 0 Å². The molecule has 0 aromatic carbocycles. The molecule has 9 heteroatoms. The summed E-state index contributed by atoms with van der Waals surface area (Å²) in [6.45, 7) is 2.10. The second-order valence-electron chi connectivity index (χ2n) is 6.58. The van der Waals surface area contributed by atoms with Gasteiger partial charge in [0.25, 0.3) is 5.19 Å². The Labute approximate surface area is 167 Å². The minimum atomic E-state index is -0.0305. The highest BCUT2D eigenvalue weighted by Gasteiger charge is 2.27. The second kappa shape index (κ2) is 9.32. The number of urea groups is 1. The molecular formula is C17H26N4O2S3. The maximum atomic E-state index is 12.8. The summed E-state index contributed by atoms with van der Waals surface area (Å²) in [7, 11) is 7.24. The number of ether oxygens (including phenoxy) is 1. The Kier molecular flexibility index (Phi) is 7.11. The number of carbonyl (C=O) groups is 1. The number of aromatic nitrogens is 2. The van der Waals surface area contributed by atoms with E-state index in [-0.39, 0.29) is 12.1 Å². The Morgan fingerprint density at radius 1 is 1.31 bits per heavy atom. The average Bonchev–Trinajstić information content (AvgIpc) is 3.37. The van der Waals surface area contributed by atoms with Crippen molar-refractivity contribution >= 4 is 44.1 Å². The van der Waals surface area contributed by atoms with Crippen molar-refractivity contribution in [2.75, 3.05) is 24.7 Å². The average molecular weight is 415 g/mol. The molecule has 6 nitrogen and oxygen atoms in total. The van der Waals surface area contributed by atoms with Gasteiger partial charge in [-0.2, -0.15) is 0 Å².